The first-order chi connectivity index (χ1) is 9.60. The maximum absolute atomic E-state index is 11.4. The number of hydrogen-bond donors (Lipinski definition) is 1. The van der Waals surface area contributed by atoms with Crippen molar-refractivity contribution in [3.8, 4) is 0 Å². The van der Waals surface area contributed by atoms with Gasteiger partial charge in [0.1, 0.15) is 5.76 Å². The minimum absolute atomic E-state index is 0.269. The molecule has 1 aliphatic rings. The number of nitrogens with zero attached hydrogens (tertiary/aromatic N) is 1. The third-order valence-electron chi connectivity index (χ3n) is 3.75. The summed E-state index contributed by atoms with van der Waals surface area (Å²) in [6.07, 6.45) is 2.48. The lowest BCUT2D eigenvalue weighted by atomic mass is 10.2. The van der Waals surface area contributed by atoms with E-state index in [1.807, 2.05) is 6.07 Å². The fraction of sp³-hybridized carbons (Fsp3) is 0.667. The second kappa shape index (κ2) is 6.90. The molecule has 5 nitrogen and oxygen atoms in total. The van der Waals surface area contributed by atoms with Crippen LogP contribution in [0.3, 0.4) is 0 Å². The van der Waals surface area contributed by atoms with Gasteiger partial charge in [0.15, 0.2) is 0 Å². The van der Waals surface area contributed by atoms with Crippen molar-refractivity contribution < 1.29 is 13.9 Å². The van der Waals surface area contributed by atoms with Crippen LogP contribution in [0.1, 0.15) is 43.0 Å². The Labute approximate surface area is 120 Å². The van der Waals surface area contributed by atoms with Crippen LogP contribution in [0, 0.1) is 0 Å². The van der Waals surface area contributed by atoms with Crippen LogP contribution in [-0.2, 0) is 11.3 Å². The van der Waals surface area contributed by atoms with Crippen molar-refractivity contribution in [1.82, 2.24) is 10.2 Å². The Morgan fingerprint density at radius 2 is 2.35 bits per heavy atom. The van der Waals surface area contributed by atoms with Crippen molar-refractivity contribution in [1.29, 1.82) is 0 Å². The number of rotatable bonds is 6. The van der Waals surface area contributed by atoms with E-state index >= 15 is 0 Å². The standard InChI is InChI=1S/C15H24N2O3/c1-11(2)17(9-12-5-4-8-16-12)10-13-6-7-14(20-13)15(18)19-3/h6-7,11-12,16H,4-5,8-10H2,1-3H3. The Morgan fingerprint density at radius 3 is 2.95 bits per heavy atom. The smallest absolute Gasteiger partial charge is 0.373 e. The zero-order valence-electron chi connectivity index (χ0n) is 12.5. The van der Waals surface area contributed by atoms with Gasteiger partial charge in [0.2, 0.25) is 5.76 Å². The summed E-state index contributed by atoms with van der Waals surface area (Å²) in [7, 11) is 1.36. The van der Waals surface area contributed by atoms with Gasteiger partial charge in [0.05, 0.1) is 13.7 Å². The predicted octanol–water partition coefficient (Wildman–Crippen LogP) is 2.03. The van der Waals surface area contributed by atoms with Gasteiger partial charge < -0.3 is 14.5 Å². The lowest BCUT2D eigenvalue weighted by Crippen LogP contribution is -2.40. The van der Waals surface area contributed by atoms with Gasteiger partial charge in [-0.2, -0.15) is 0 Å². The number of carbonyl (C=O) groups is 1. The number of furan rings is 1. The first kappa shape index (κ1) is 15.1. The van der Waals surface area contributed by atoms with Crippen LogP contribution in [0.25, 0.3) is 0 Å². The molecule has 0 aliphatic carbocycles. The van der Waals surface area contributed by atoms with Crippen LogP contribution in [-0.4, -0.2) is 43.2 Å². The second-order valence-electron chi connectivity index (χ2n) is 5.57. The van der Waals surface area contributed by atoms with Crippen LogP contribution in [0.5, 0.6) is 0 Å². The molecule has 0 spiro atoms. The third-order valence-corrected chi connectivity index (χ3v) is 3.75. The summed E-state index contributed by atoms with van der Waals surface area (Å²) in [6.45, 7) is 7.20. The molecule has 0 aromatic carbocycles. The Kier molecular flexibility index (Phi) is 5.20. The summed E-state index contributed by atoms with van der Waals surface area (Å²) < 4.78 is 10.2. The van der Waals surface area contributed by atoms with E-state index < -0.39 is 5.97 Å². The molecule has 0 saturated carbocycles. The number of esters is 1. The number of ether oxygens (including phenoxy) is 1. The molecule has 1 aromatic rings. The highest BCUT2D eigenvalue weighted by Gasteiger charge is 2.21. The first-order valence-corrected chi connectivity index (χ1v) is 7.24. The van der Waals surface area contributed by atoms with Gasteiger partial charge in [-0.05, 0) is 45.4 Å². The molecule has 1 N–H and O–H groups in total. The van der Waals surface area contributed by atoms with Gasteiger partial charge in [0, 0.05) is 18.6 Å². The van der Waals surface area contributed by atoms with Crippen LogP contribution in [0.2, 0.25) is 0 Å². The fourth-order valence-corrected chi connectivity index (χ4v) is 2.53. The average molecular weight is 280 g/mol. The van der Waals surface area contributed by atoms with Gasteiger partial charge in [-0.1, -0.05) is 0 Å². The van der Waals surface area contributed by atoms with Crippen LogP contribution >= 0.6 is 0 Å². The third kappa shape index (κ3) is 3.84. The Balaban J connectivity index is 1.96. The highest BCUT2D eigenvalue weighted by molar-refractivity contribution is 5.86. The Hall–Kier alpha value is -1.33. The summed E-state index contributed by atoms with van der Waals surface area (Å²) >= 11 is 0. The molecule has 2 rings (SSSR count). The fourth-order valence-electron chi connectivity index (χ4n) is 2.53. The summed E-state index contributed by atoms with van der Waals surface area (Å²) in [5.41, 5.74) is 0. The van der Waals surface area contributed by atoms with Crippen LogP contribution < -0.4 is 5.32 Å². The lowest BCUT2D eigenvalue weighted by Gasteiger charge is -2.28. The summed E-state index contributed by atoms with van der Waals surface area (Å²) in [5, 5.41) is 3.51. The summed E-state index contributed by atoms with van der Waals surface area (Å²) in [4.78, 5) is 13.7. The molecule has 112 valence electrons. The van der Waals surface area contributed by atoms with Crippen molar-refractivity contribution in [2.45, 2.75) is 45.3 Å². The number of methoxy groups -OCH3 is 1. The van der Waals surface area contributed by atoms with Crippen molar-refractivity contribution in [3.63, 3.8) is 0 Å². The van der Waals surface area contributed by atoms with Crippen molar-refractivity contribution in [3.05, 3.63) is 23.7 Å². The molecule has 20 heavy (non-hydrogen) atoms. The molecule has 0 bridgehead atoms. The predicted molar refractivity (Wildman–Crippen MR) is 76.6 cm³/mol. The lowest BCUT2D eigenvalue weighted by molar-refractivity contribution is 0.0560. The molecule has 1 fully saturated rings. The molecule has 1 atom stereocenters. The van der Waals surface area contributed by atoms with Crippen molar-refractivity contribution >= 4 is 5.97 Å². The zero-order valence-corrected chi connectivity index (χ0v) is 12.5. The van der Waals surface area contributed by atoms with E-state index in [1.54, 1.807) is 6.07 Å². The van der Waals surface area contributed by atoms with Crippen molar-refractivity contribution in [2.75, 3.05) is 20.2 Å². The quantitative estimate of drug-likeness (QED) is 0.808. The molecule has 1 unspecified atom stereocenters. The first-order valence-electron chi connectivity index (χ1n) is 7.24. The molecular weight excluding hydrogens is 256 g/mol. The van der Waals surface area contributed by atoms with E-state index in [9.17, 15) is 4.79 Å². The highest BCUT2D eigenvalue weighted by Crippen LogP contribution is 2.15. The maximum atomic E-state index is 11.4. The highest BCUT2D eigenvalue weighted by atomic mass is 16.5. The van der Waals surface area contributed by atoms with Gasteiger partial charge >= 0.3 is 5.97 Å². The van der Waals surface area contributed by atoms with E-state index in [4.69, 9.17) is 4.42 Å². The number of carbonyl (C=O) groups excluding carboxylic acids is 1. The molecule has 1 saturated heterocycles. The van der Waals surface area contributed by atoms with E-state index in [0.717, 1.165) is 18.8 Å². The summed E-state index contributed by atoms with van der Waals surface area (Å²) in [5.74, 6) is 0.645. The Bertz CT molecular complexity index is 436. The van der Waals surface area contributed by atoms with Gasteiger partial charge in [0.25, 0.3) is 0 Å². The van der Waals surface area contributed by atoms with E-state index in [-0.39, 0.29) is 5.76 Å². The van der Waals surface area contributed by atoms with Gasteiger partial charge in [-0.25, -0.2) is 4.79 Å². The Morgan fingerprint density at radius 1 is 1.55 bits per heavy atom. The van der Waals surface area contributed by atoms with Crippen molar-refractivity contribution in [2.24, 2.45) is 0 Å². The molecule has 0 radical (unpaired) electrons. The minimum atomic E-state index is -0.426. The van der Waals surface area contributed by atoms with Gasteiger partial charge in [-0.3, -0.25) is 4.90 Å². The van der Waals surface area contributed by atoms with Gasteiger partial charge in [-0.15, -0.1) is 0 Å². The maximum Gasteiger partial charge on any atom is 0.373 e. The average Bonchev–Trinajstić information content (AvgIpc) is 3.08. The topological polar surface area (TPSA) is 54.7 Å². The molecule has 1 aliphatic heterocycles. The summed E-state index contributed by atoms with van der Waals surface area (Å²) in [6, 6.07) is 4.52. The molecular formula is C15H24N2O3. The SMILES string of the molecule is COC(=O)c1ccc(CN(CC2CCCN2)C(C)C)o1. The second-order valence-corrected chi connectivity index (χ2v) is 5.57. The molecule has 2 heterocycles. The monoisotopic (exact) mass is 280 g/mol. The molecule has 5 heteroatoms. The van der Waals surface area contributed by atoms with Crippen LogP contribution in [0.15, 0.2) is 16.5 Å². The van der Waals surface area contributed by atoms with E-state index in [1.165, 1.54) is 20.0 Å². The molecule has 1 aromatic heterocycles. The normalized spacial score (nSPS) is 18.9. The zero-order chi connectivity index (χ0) is 14.5. The molecule has 0 amide bonds. The largest absolute Gasteiger partial charge is 0.463 e. The number of hydrogen-bond acceptors (Lipinski definition) is 5. The van der Waals surface area contributed by atoms with E-state index in [0.29, 0.717) is 18.6 Å². The minimum Gasteiger partial charge on any atom is -0.463 e. The number of nitrogens with one attached hydrogen (secondary N) is 1. The van der Waals surface area contributed by atoms with E-state index in [2.05, 4.69) is 28.8 Å². The van der Waals surface area contributed by atoms with Crippen LogP contribution in [0.4, 0.5) is 0 Å².